The Labute approximate surface area is 290 Å². The molecule has 0 N–H and O–H groups in total. The van der Waals surface area contributed by atoms with Crippen LogP contribution in [0.25, 0.3) is 22.3 Å². The van der Waals surface area contributed by atoms with E-state index in [-0.39, 0.29) is 27.9 Å². The Morgan fingerprint density at radius 2 is 1.04 bits per heavy atom. The fourth-order valence-electron chi connectivity index (χ4n) is 7.87. The van der Waals surface area contributed by atoms with E-state index in [2.05, 4.69) is 179 Å². The molecule has 4 aliphatic heterocycles. The zero-order valence-electron chi connectivity index (χ0n) is 26.0. The summed E-state index contributed by atoms with van der Waals surface area (Å²) in [5.74, 6) is 0. The van der Waals surface area contributed by atoms with Crippen LogP contribution in [0.2, 0.25) is 0 Å². The van der Waals surface area contributed by atoms with Crippen LogP contribution in [0.5, 0.6) is 0 Å². The minimum Gasteiger partial charge on any atom is -0.504 e. The molecule has 0 aliphatic carbocycles. The summed E-state index contributed by atoms with van der Waals surface area (Å²) in [6.45, 7) is 2.85. The summed E-state index contributed by atoms with van der Waals surface area (Å²) in [6, 6.07) is 51.8. The first kappa shape index (κ1) is 28.3. The molecule has 0 aromatic heterocycles. The van der Waals surface area contributed by atoms with Crippen LogP contribution in [-0.4, -0.2) is 27.6 Å². The molecule has 0 saturated heterocycles. The molecule has 10 rings (SSSR count). The largest absolute Gasteiger partial charge is 0.504 e. The van der Waals surface area contributed by atoms with Crippen molar-refractivity contribution in [3.05, 3.63) is 140 Å². The maximum absolute atomic E-state index is 4.00. The van der Waals surface area contributed by atoms with E-state index in [9.17, 15) is 0 Å². The summed E-state index contributed by atoms with van der Waals surface area (Å²) in [5.41, 5.74) is 16.6. The van der Waals surface area contributed by atoms with Crippen LogP contribution in [0.15, 0.2) is 121 Å². The average molecular weight is 786 g/mol. The van der Waals surface area contributed by atoms with Crippen LogP contribution in [-0.2, 0) is 21.1 Å². The van der Waals surface area contributed by atoms with Crippen LogP contribution in [0.4, 0.5) is 45.5 Å². The second kappa shape index (κ2) is 10.5. The molecule has 5 nitrogen and oxygen atoms in total. The topological polar surface area (TPSA) is 16.2 Å². The molecule has 0 saturated carbocycles. The van der Waals surface area contributed by atoms with Gasteiger partial charge < -0.3 is 24.4 Å². The third-order valence-corrected chi connectivity index (χ3v) is 9.93. The predicted molar refractivity (Wildman–Crippen MR) is 192 cm³/mol. The first-order valence-corrected chi connectivity index (χ1v) is 15.8. The molecule has 4 heterocycles. The Hall–Kier alpha value is -4.93. The predicted octanol–water partition coefficient (Wildman–Crippen LogP) is 7.44. The summed E-state index contributed by atoms with van der Waals surface area (Å²) in [5, 5.41) is 0. The van der Waals surface area contributed by atoms with Gasteiger partial charge in [0.2, 0.25) is 0 Å². The van der Waals surface area contributed by atoms with Gasteiger partial charge in [0, 0.05) is 50.9 Å². The molecule has 0 spiro atoms. The molecule has 0 radical (unpaired) electrons. The van der Waals surface area contributed by atoms with E-state index in [1.165, 1.54) is 61.6 Å². The molecule has 6 aromatic carbocycles. The number of rotatable bonds is 2. The Morgan fingerprint density at radius 3 is 1.70 bits per heavy atom. The first-order chi connectivity index (χ1) is 22.7. The summed E-state index contributed by atoms with van der Waals surface area (Å²) < 4.78 is 0. The summed E-state index contributed by atoms with van der Waals surface area (Å²) in [4.78, 5) is 11.6. The average Bonchev–Trinajstić information content (AvgIpc) is 3.64. The zero-order chi connectivity index (χ0) is 30.5. The van der Waals surface area contributed by atoms with Gasteiger partial charge in [-0.1, -0.05) is 77.5 Å². The molecule has 4 aliphatic rings. The smallest absolute Gasteiger partial charge is 0.278 e. The number of anilines is 8. The molecule has 0 bridgehead atoms. The number of nitrogens with zero attached hydrogens (tertiary/aromatic N) is 5. The molecular weight excluding hydrogens is 756 g/mol. The van der Waals surface area contributed by atoms with Gasteiger partial charge in [-0.05, 0) is 43.4 Å². The van der Waals surface area contributed by atoms with Crippen molar-refractivity contribution in [2.24, 2.45) is 0 Å². The minimum atomic E-state index is -0.0964. The SMILES string of the molecule is CN1[CH-]N(c2[c-]c3c(cc2)-c2ccccc2N2B3c3[c-]c(N4CN(C)c5ccccc54)ccc3-c3ccccc32)c2ccccc21.[Pt]. The minimum absolute atomic E-state index is 0. The van der Waals surface area contributed by atoms with E-state index in [0.717, 1.165) is 23.7 Å². The quantitative estimate of drug-likeness (QED) is 0.134. The zero-order valence-corrected chi connectivity index (χ0v) is 28.2. The van der Waals surface area contributed by atoms with Gasteiger partial charge in [-0.25, -0.2) is 0 Å². The third-order valence-electron chi connectivity index (χ3n) is 9.93. The Balaban J connectivity index is 0.00000302. The van der Waals surface area contributed by atoms with Gasteiger partial charge in [-0.3, -0.25) is 0 Å². The number of hydrogen-bond acceptors (Lipinski definition) is 5. The molecule has 230 valence electrons. The normalized spacial score (nSPS) is 14.9. The van der Waals surface area contributed by atoms with Crippen molar-refractivity contribution in [1.82, 2.24) is 0 Å². The van der Waals surface area contributed by atoms with Crippen molar-refractivity contribution < 1.29 is 21.1 Å². The maximum Gasteiger partial charge on any atom is 0.278 e. The summed E-state index contributed by atoms with van der Waals surface area (Å²) in [6.07, 6.45) is 0. The van der Waals surface area contributed by atoms with Gasteiger partial charge in [0.05, 0.1) is 18.0 Å². The molecule has 47 heavy (non-hydrogen) atoms. The van der Waals surface area contributed by atoms with Crippen LogP contribution in [0, 0.1) is 18.8 Å². The monoisotopic (exact) mass is 785 g/mol. The first-order valence-electron chi connectivity index (χ1n) is 15.8. The number of para-hydroxylation sites is 6. The van der Waals surface area contributed by atoms with Gasteiger partial charge in [0.25, 0.3) is 6.85 Å². The Bertz CT molecular complexity index is 2060. The Kier molecular flexibility index (Phi) is 6.35. The second-order valence-electron chi connectivity index (χ2n) is 12.5. The summed E-state index contributed by atoms with van der Waals surface area (Å²) in [7, 11) is 4.26. The molecule has 0 atom stereocenters. The fourth-order valence-corrected chi connectivity index (χ4v) is 7.87. The number of hydrogen-bond donors (Lipinski definition) is 0. The van der Waals surface area contributed by atoms with Gasteiger partial charge in [-0.2, -0.15) is 41.9 Å². The van der Waals surface area contributed by atoms with E-state index < -0.39 is 0 Å². The van der Waals surface area contributed by atoms with E-state index in [4.69, 9.17) is 0 Å². The van der Waals surface area contributed by atoms with Crippen LogP contribution in [0.3, 0.4) is 0 Å². The number of fused-ring (bicyclic) bond motifs is 13. The van der Waals surface area contributed by atoms with Crippen molar-refractivity contribution >= 4 is 63.3 Å². The van der Waals surface area contributed by atoms with Crippen molar-refractivity contribution in [3.8, 4) is 22.3 Å². The molecule has 0 fully saturated rings. The second-order valence-corrected chi connectivity index (χ2v) is 12.5. The summed E-state index contributed by atoms with van der Waals surface area (Å²) >= 11 is 0. The van der Waals surface area contributed by atoms with E-state index in [0.29, 0.717) is 0 Å². The van der Waals surface area contributed by atoms with Gasteiger partial charge in [0.1, 0.15) is 0 Å². The molecular formula is C40H29BN5Pt-3. The third kappa shape index (κ3) is 4.01. The fraction of sp³-hybridized carbons (Fsp3) is 0.0750. The molecule has 7 heteroatoms. The van der Waals surface area contributed by atoms with Crippen LogP contribution < -0.4 is 35.3 Å². The van der Waals surface area contributed by atoms with Crippen molar-refractivity contribution in [2.75, 3.05) is 45.2 Å². The maximum atomic E-state index is 4.00. The van der Waals surface area contributed by atoms with E-state index in [1.807, 2.05) is 0 Å². The van der Waals surface area contributed by atoms with Crippen molar-refractivity contribution in [1.29, 1.82) is 0 Å². The van der Waals surface area contributed by atoms with Crippen LogP contribution >= 0.6 is 0 Å². The van der Waals surface area contributed by atoms with Crippen molar-refractivity contribution in [2.45, 2.75) is 0 Å². The Morgan fingerprint density at radius 1 is 0.532 bits per heavy atom. The van der Waals surface area contributed by atoms with Gasteiger partial charge >= 0.3 is 0 Å². The standard InChI is InChI=1S/C40H29BN5.Pt/c1-42-25-44(39-17-9-7-15-37(39)42)27-19-21-29-31-11-3-5-13-35(31)46-36-14-6-4-12-32(36)30-22-20-28(24-34(30)41(46)33(29)23-27)45-26-43(2)38-16-8-10-18-40(38)45;/h3-22,25H,26H2,1-2H3;/q-3;. The molecule has 6 aromatic rings. The molecule has 0 amide bonds. The number of benzene rings is 6. The van der Waals surface area contributed by atoms with Gasteiger partial charge in [0.15, 0.2) is 0 Å². The van der Waals surface area contributed by atoms with E-state index in [1.54, 1.807) is 0 Å². The van der Waals surface area contributed by atoms with E-state index >= 15 is 0 Å². The van der Waals surface area contributed by atoms with Gasteiger partial charge in [-0.15, -0.1) is 28.9 Å². The van der Waals surface area contributed by atoms with Crippen LogP contribution in [0.1, 0.15) is 0 Å². The molecule has 0 unspecified atom stereocenters. The van der Waals surface area contributed by atoms with Crippen molar-refractivity contribution in [3.63, 3.8) is 0 Å².